The third-order valence-electron chi connectivity index (χ3n) is 1.81. The minimum atomic E-state index is -0.472. The maximum Gasteiger partial charge on any atom is 0.351 e. The second kappa shape index (κ2) is 5.88. The van der Waals surface area contributed by atoms with Crippen LogP contribution in [-0.4, -0.2) is 43.8 Å². The highest BCUT2D eigenvalue weighted by Crippen LogP contribution is 2.08. The van der Waals surface area contributed by atoms with Crippen molar-refractivity contribution in [2.45, 2.75) is 6.92 Å². The van der Waals surface area contributed by atoms with Crippen LogP contribution in [0.25, 0.3) is 0 Å². The number of esters is 1. The molecule has 1 aliphatic heterocycles. The lowest BCUT2D eigenvalue weighted by Gasteiger charge is -2.25. The first-order valence-corrected chi connectivity index (χ1v) is 4.98. The van der Waals surface area contributed by atoms with E-state index in [2.05, 4.69) is 0 Å². The summed E-state index contributed by atoms with van der Waals surface area (Å²) >= 11 is 5.75. The zero-order valence-electron chi connectivity index (χ0n) is 8.16. The van der Waals surface area contributed by atoms with Crippen LogP contribution in [0.3, 0.4) is 0 Å². The van der Waals surface area contributed by atoms with Gasteiger partial charge in [-0.15, -0.1) is 0 Å². The summed E-state index contributed by atoms with van der Waals surface area (Å²) in [5.74, 6) is -0.472. The Labute approximate surface area is 88.4 Å². The summed E-state index contributed by atoms with van der Waals surface area (Å²) in [5.41, 5.74) is 0. The van der Waals surface area contributed by atoms with Gasteiger partial charge in [-0.05, 0) is 6.92 Å². The van der Waals surface area contributed by atoms with Gasteiger partial charge in [0.15, 0.2) is 0 Å². The Morgan fingerprint density at radius 2 is 2.21 bits per heavy atom. The van der Waals surface area contributed by atoms with Crippen molar-refractivity contribution in [3.05, 3.63) is 11.2 Å². The summed E-state index contributed by atoms with van der Waals surface area (Å²) in [5, 5.41) is 0.119. The minimum absolute atomic E-state index is 0.119. The molecule has 4 nitrogen and oxygen atoms in total. The molecule has 0 bridgehead atoms. The Bertz CT molecular complexity index is 224. The van der Waals surface area contributed by atoms with E-state index in [1.165, 1.54) is 0 Å². The lowest BCUT2D eigenvalue weighted by molar-refractivity contribution is -0.137. The zero-order valence-corrected chi connectivity index (χ0v) is 8.92. The molecule has 80 valence electrons. The van der Waals surface area contributed by atoms with E-state index in [9.17, 15) is 4.79 Å². The van der Waals surface area contributed by atoms with Crippen LogP contribution in [0.5, 0.6) is 0 Å². The molecule has 0 saturated carbocycles. The summed E-state index contributed by atoms with van der Waals surface area (Å²) in [6.07, 6.45) is 1.61. The van der Waals surface area contributed by atoms with Gasteiger partial charge < -0.3 is 14.4 Å². The van der Waals surface area contributed by atoms with Crippen LogP contribution in [0, 0.1) is 0 Å². The molecule has 1 heterocycles. The van der Waals surface area contributed by atoms with Crippen LogP contribution in [0.1, 0.15) is 6.92 Å². The zero-order chi connectivity index (χ0) is 10.4. The molecular weight excluding hydrogens is 206 g/mol. The van der Waals surface area contributed by atoms with Crippen molar-refractivity contribution in [2.24, 2.45) is 0 Å². The first-order chi connectivity index (χ1) is 6.74. The van der Waals surface area contributed by atoms with E-state index in [0.717, 1.165) is 13.1 Å². The van der Waals surface area contributed by atoms with E-state index in [-0.39, 0.29) is 5.03 Å². The van der Waals surface area contributed by atoms with Gasteiger partial charge in [-0.2, -0.15) is 0 Å². The highest BCUT2D eigenvalue weighted by molar-refractivity contribution is 6.41. The molecule has 0 aromatic heterocycles. The SMILES string of the molecule is CCOC(=O)/C(Cl)=C/N1CCOCC1. The highest BCUT2D eigenvalue weighted by Gasteiger charge is 2.11. The molecule has 0 amide bonds. The molecule has 1 aliphatic rings. The second-order valence-corrected chi connectivity index (χ2v) is 3.25. The van der Waals surface area contributed by atoms with Gasteiger partial charge >= 0.3 is 5.97 Å². The van der Waals surface area contributed by atoms with Gasteiger partial charge in [-0.3, -0.25) is 0 Å². The van der Waals surface area contributed by atoms with Crippen LogP contribution >= 0.6 is 11.6 Å². The van der Waals surface area contributed by atoms with Crippen molar-refractivity contribution < 1.29 is 14.3 Å². The molecule has 0 N–H and O–H groups in total. The van der Waals surface area contributed by atoms with Crippen LogP contribution in [0.2, 0.25) is 0 Å². The predicted octanol–water partition coefficient (Wildman–Crippen LogP) is 0.962. The van der Waals surface area contributed by atoms with Crippen molar-refractivity contribution in [3.8, 4) is 0 Å². The molecule has 0 aromatic carbocycles. The lowest BCUT2D eigenvalue weighted by atomic mass is 10.4. The Balaban J connectivity index is 2.44. The van der Waals surface area contributed by atoms with E-state index < -0.39 is 5.97 Å². The molecule has 0 unspecified atom stereocenters. The number of nitrogens with zero attached hydrogens (tertiary/aromatic N) is 1. The summed E-state index contributed by atoms with van der Waals surface area (Å²) in [6, 6.07) is 0. The average Bonchev–Trinajstić information content (AvgIpc) is 2.19. The van der Waals surface area contributed by atoms with E-state index in [4.69, 9.17) is 21.1 Å². The number of halogens is 1. The van der Waals surface area contributed by atoms with E-state index >= 15 is 0 Å². The van der Waals surface area contributed by atoms with Crippen molar-refractivity contribution in [1.82, 2.24) is 4.90 Å². The van der Waals surface area contributed by atoms with Gasteiger partial charge in [0.2, 0.25) is 0 Å². The Kier molecular flexibility index (Phi) is 4.76. The third-order valence-corrected chi connectivity index (χ3v) is 2.06. The molecule has 1 rings (SSSR count). The Hall–Kier alpha value is -0.740. The van der Waals surface area contributed by atoms with Gasteiger partial charge in [-0.1, -0.05) is 11.6 Å². The van der Waals surface area contributed by atoms with Crippen molar-refractivity contribution in [2.75, 3.05) is 32.9 Å². The normalized spacial score (nSPS) is 18.1. The first-order valence-electron chi connectivity index (χ1n) is 4.60. The first kappa shape index (κ1) is 11.3. The number of hydrogen-bond donors (Lipinski definition) is 0. The molecule has 0 spiro atoms. The number of carbonyl (C=O) groups excluding carboxylic acids is 1. The number of rotatable bonds is 3. The fourth-order valence-electron chi connectivity index (χ4n) is 1.12. The fraction of sp³-hybridized carbons (Fsp3) is 0.667. The number of carbonyl (C=O) groups is 1. The number of hydrogen-bond acceptors (Lipinski definition) is 4. The largest absolute Gasteiger partial charge is 0.462 e. The fourth-order valence-corrected chi connectivity index (χ4v) is 1.31. The van der Waals surface area contributed by atoms with Crippen LogP contribution in [0.4, 0.5) is 0 Å². The summed E-state index contributed by atoms with van der Waals surface area (Å²) in [7, 11) is 0. The monoisotopic (exact) mass is 219 g/mol. The lowest BCUT2D eigenvalue weighted by Crippen LogP contribution is -2.32. The van der Waals surface area contributed by atoms with Crippen LogP contribution in [-0.2, 0) is 14.3 Å². The van der Waals surface area contributed by atoms with E-state index in [1.54, 1.807) is 13.1 Å². The number of ether oxygens (including phenoxy) is 2. The number of morpholine rings is 1. The Morgan fingerprint density at radius 3 is 2.79 bits per heavy atom. The summed E-state index contributed by atoms with van der Waals surface area (Å²) in [6.45, 7) is 4.95. The van der Waals surface area contributed by atoms with Crippen molar-refractivity contribution >= 4 is 17.6 Å². The molecule has 0 aliphatic carbocycles. The van der Waals surface area contributed by atoms with Crippen molar-refractivity contribution in [3.63, 3.8) is 0 Å². The molecule has 1 fully saturated rings. The van der Waals surface area contributed by atoms with Crippen molar-refractivity contribution in [1.29, 1.82) is 0 Å². The summed E-state index contributed by atoms with van der Waals surface area (Å²) < 4.78 is 9.91. The topological polar surface area (TPSA) is 38.8 Å². The predicted molar refractivity (Wildman–Crippen MR) is 53.0 cm³/mol. The van der Waals surface area contributed by atoms with Crippen LogP contribution in [0.15, 0.2) is 11.2 Å². The van der Waals surface area contributed by atoms with Crippen LogP contribution < -0.4 is 0 Å². The smallest absolute Gasteiger partial charge is 0.351 e. The van der Waals surface area contributed by atoms with Gasteiger partial charge in [0, 0.05) is 19.3 Å². The van der Waals surface area contributed by atoms with Gasteiger partial charge in [0.05, 0.1) is 19.8 Å². The van der Waals surface area contributed by atoms with Gasteiger partial charge in [-0.25, -0.2) is 4.79 Å². The quantitative estimate of drug-likeness (QED) is 0.524. The molecule has 5 heteroatoms. The second-order valence-electron chi connectivity index (χ2n) is 2.85. The summed E-state index contributed by atoms with van der Waals surface area (Å²) in [4.78, 5) is 13.1. The highest BCUT2D eigenvalue weighted by atomic mass is 35.5. The molecule has 0 aromatic rings. The maximum absolute atomic E-state index is 11.1. The molecule has 14 heavy (non-hydrogen) atoms. The van der Waals surface area contributed by atoms with E-state index in [1.807, 2.05) is 4.90 Å². The Morgan fingerprint density at radius 1 is 1.57 bits per heavy atom. The van der Waals surface area contributed by atoms with E-state index in [0.29, 0.717) is 19.8 Å². The molecule has 0 atom stereocenters. The van der Waals surface area contributed by atoms with Gasteiger partial charge in [0.25, 0.3) is 0 Å². The standard InChI is InChI=1S/C9H14ClNO3/c1-2-14-9(12)8(10)7-11-3-5-13-6-4-11/h7H,2-6H2,1H3/b8-7-. The maximum atomic E-state index is 11.1. The molecular formula is C9H14ClNO3. The molecule has 0 radical (unpaired) electrons. The van der Waals surface area contributed by atoms with Gasteiger partial charge in [0.1, 0.15) is 5.03 Å². The minimum Gasteiger partial charge on any atom is -0.462 e. The third kappa shape index (κ3) is 3.55. The molecule has 1 saturated heterocycles. The average molecular weight is 220 g/mol.